The van der Waals surface area contributed by atoms with E-state index in [-0.39, 0.29) is 52.8 Å². The number of alkyl halides is 12. The van der Waals surface area contributed by atoms with Gasteiger partial charge in [-0.2, -0.15) is 52.7 Å². The molecule has 0 saturated carbocycles. The molecule has 0 fully saturated rings. The summed E-state index contributed by atoms with van der Waals surface area (Å²) in [6.45, 7) is 0. The molecule has 0 unspecified atom stereocenters. The fraction of sp³-hybridized carbons (Fsp3) is 1.00. The van der Waals surface area contributed by atoms with E-state index >= 15 is 0 Å². The first-order valence-corrected chi connectivity index (χ1v) is 7.47. The van der Waals surface area contributed by atoms with Gasteiger partial charge in [-0.1, -0.05) is 4.13 Å². The topological polar surface area (TPSA) is 80.3 Å². The van der Waals surface area contributed by atoms with Crippen LogP contribution in [-0.4, -0.2) is 45.6 Å². The van der Waals surface area contributed by atoms with Gasteiger partial charge in [-0.25, -0.2) is 16.8 Å². The third-order valence-corrected chi connectivity index (χ3v) is 5.54. The molecule has 5 nitrogen and oxygen atoms in total. The summed E-state index contributed by atoms with van der Waals surface area (Å²) in [6.07, 6.45) is -14.4. The SMILES string of the molecule is O=S(=O)(NS(=O)(=O)C(F)(F)C(F)(F)C(F)(F)F)C(F)(F)C(F)(F)F.[H-].[K+]. The van der Waals surface area contributed by atoms with Gasteiger partial charge in [-0.15, -0.1) is 0 Å². The maximum atomic E-state index is 12.8. The predicted octanol–water partition coefficient (Wildman–Crippen LogP) is -0.702. The third kappa shape index (κ3) is 4.74. The molecule has 0 bridgehead atoms. The molecule has 0 saturated heterocycles. The van der Waals surface area contributed by atoms with E-state index in [0.717, 1.165) is 0 Å². The molecule has 0 spiro atoms. The number of nitrogens with one attached hydrogen (secondary N) is 1. The van der Waals surface area contributed by atoms with E-state index in [4.69, 9.17) is 0 Å². The second-order valence-electron chi connectivity index (χ2n) is 3.69. The maximum Gasteiger partial charge on any atom is 1.00 e. The van der Waals surface area contributed by atoms with E-state index < -0.39 is 53.0 Å². The van der Waals surface area contributed by atoms with Crippen LogP contribution in [0.3, 0.4) is 0 Å². The van der Waals surface area contributed by atoms with E-state index in [9.17, 15) is 69.5 Å². The maximum absolute atomic E-state index is 12.8. The minimum absolute atomic E-state index is 0. The summed E-state index contributed by atoms with van der Waals surface area (Å²) in [5, 5.41) is -14.6. The summed E-state index contributed by atoms with van der Waals surface area (Å²) in [4.78, 5) is 0. The molecule has 0 rings (SSSR count). The Labute approximate surface area is 174 Å². The molecule has 0 aliphatic carbocycles. The third-order valence-electron chi connectivity index (χ3n) is 1.95. The van der Waals surface area contributed by atoms with Gasteiger partial charge in [0.2, 0.25) is 0 Å². The Morgan fingerprint density at radius 1 is 0.560 bits per heavy atom. The first-order chi connectivity index (χ1) is 9.96. The van der Waals surface area contributed by atoms with E-state index in [1.165, 1.54) is 0 Å². The van der Waals surface area contributed by atoms with Crippen molar-refractivity contribution in [2.75, 3.05) is 0 Å². The quantitative estimate of drug-likeness (QED) is 0.425. The summed E-state index contributed by atoms with van der Waals surface area (Å²) in [5.41, 5.74) is 0. The van der Waals surface area contributed by atoms with Crippen molar-refractivity contribution in [3.8, 4) is 0 Å². The van der Waals surface area contributed by atoms with E-state index in [2.05, 4.69) is 0 Å². The number of sulfonamides is 2. The van der Waals surface area contributed by atoms with Crippen molar-refractivity contribution in [1.82, 2.24) is 4.13 Å². The van der Waals surface area contributed by atoms with Crippen molar-refractivity contribution >= 4 is 20.0 Å². The molecule has 0 aromatic rings. The van der Waals surface area contributed by atoms with Crippen LogP contribution in [0.1, 0.15) is 1.43 Å². The Hall–Kier alpha value is 0.656. The van der Waals surface area contributed by atoms with Crippen LogP contribution in [0, 0.1) is 0 Å². The van der Waals surface area contributed by atoms with Crippen LogP contribution in [0.5, 0.6) is 0 Å². The summed E-state index contributed by atoms with van der Waals surface area (Å²) in [6, 6.07) is 0. The van der Waals surface area contributed by atoms with E-state index in [1.54, 1.807) is 0 Å². The van der Waals surface area contributed by atoms with Crippen LogP contribution in [0.4, 0.5) is 52.7 Å². The fourth-order valence-electron chi connectivity index (χ4n) is 0.735. The molecule has 0 aromatic carbocycles. The van der Waals surface area contributed by atoms with Gasteiger partial charge in [0.15, 0.2) is 0 Å². The van der Waals surface area contributed by atoms with Crippen LogP contribution in [0.25, 0.3) is 0 Å². The van der Waals surface area contributed by atoms with E-state index in [1.807, 2.05) is 0 Å². The minimum atomic E-state index is -7.92. The summed E-state index contributed by atoms with van der Waals surface area (Å²) in [7, 11) is -15.7. The van der Waals surface area contributed by atoms with Crippen LogP contribution in [0.15, 0.2) is 0 Å². The van der Waals surface area contributed by atoms with E-state index in [0.29, 0.717) is 0 Å². The zero-order chi connectivity index (χ0) is 20.2. The average molecular weight is 471 g/mol. The van der Waals surface area contributed by atoms with Crippen molar-refractivity contribution in [1.29, 1.82) is 0 Å². The Morgan fingerprint density at radius 3 is 1.08 bits per heavy atom. The molecule has 0 amide bonds. The number of rotatable bonds is 5. The molecule has 148 valence electrons. The van der Waals surface area contributed by atoms with Crippen molar-refractivity contribution in [3.63, 3.8) is 0 Å². The first kappa shape index (κ1) is 27.9. The summed E-state index contributed by atoms with van der Waals surface area (Å²) < 4.78 is 187. The fourth-order valence-corrected chi connectivity index (χ4v) is 3.49. The van der Waals surface area contributed by atoms with Gasteiger partial charge in [-0.05, 0) is 0 Å². The molecule has 0 radical (unpaired) electrons. The molecule has 25 heavy (non-hydrogen) atoms. The zero-order valence-corrected chi connectivity index (χ0v) is 15.7. The standard InChI is InChI=1S/C5HF12NO4S2.K.H/c6-1(7,2(8,9)10)4(14,15)23(19,20)18-24(21,22)5(16,17)3(11,12)13;;/h18H;;/q;+1;-1. The van der Waals surface area contributed by atoms with Gasteiger partial charge in [0.25, 0.3) is 20.0 Å². The van der Waals surface area contributed by atoms with Gasteiger partial charge in [0.05, 0.1) is 0 Å². The Bertz CT molecular complexity index is 698. The van der Waals surface area contributed by atoms with Gasteiger partial charge in [0.1, 0.15) is 0 Å². The van der Waals surface area contributed by atoms with Gasteiger partial charge in [-0.3, -0.25) is 0 Å². The second kappa shape index (κ2) is 7.24. The summed E-state index contributed by atoms with van der Waals surface area (Å²) in [5.74, 6) is -7.53. The zero-order valence-electron chi connectivity index (χ0n) is 12.0. The van der Waals surface area contributed by atoms with Crippen LogP contribution >= 0.6 is 0 Å². The monoisotopic (exact) mass is 471 g/mol. The molecule has 0 aliphatic heterocycles. The minimum Gasteiger partial charge on any atom is -1.00 e. The van der Waals surface area contributed by atoms with Crippen molar-refractivity contribution in [2.24, 2.45) is 0 Å². The van der Waals surface area contributed by atoms with Gasteiger partial charge < -0.3 is 1.43 Å². The molecule has 20 heteroatoms. The van der Waals surface area contributed by atoms with Crippen LogP contribution in [0.2, 0.25) is 0 Å². The van der Waals surface area contributed by atoms with Crippen molar-refractivity contribution < 1.29 is 122 Å². The second-order valence-corrected chi connectivity index (χ2v) is 7.40. The Morgan fingerprint density at radius 2 is 0.840 bits per heavy atom. The number of halogens is 12. The Kier molecular flexibility index (Phi) is 8.07. The smallest absolute Gasteiger partial charge is 1.00 e. The van der Waals surface area contributed by atoms with Crippen LogP contribution < -0.4 is 55.5 Å². The number of hydrogen-bond acceptors (Lipinski definition) is 4. The van der Waals surface area contributed by atoms with Gasteiger partial charge in [0, 0.05) is 0 Å². The summed E-state index contributed by atoms with van der Waals surface area (Å²) >= 11 is 0. The molecule has 0 heterocycles. The number of hydrogen-bond donors (Lipinski definition) is 1. The van der Waals surface area contributed by atoms with Crippen molar-refractivity contribution in [2.45, 2.75) is 28.8 Å². The average Bonchev–Trinajstić information content (AvgIpc) is 2.23. The first-order valence-electron chi connectivity index (χ1n) is 4.50. The Balaban J connectivity index is -0.00000264. The molecular weight excluding hydrogens is 469 g/mol. The molecule has 0 atom stereocenters. The molecule has 0 aromatic heterocycles. The molecule has 1 N–H and O–H groups in total. The molecule has 0 aliphatic rings. The van der Waals surface area contributed by atoms with Crippen molar-refractivity contribution in [3.05, 3.63) is 0 Å². The molecular formula is C5H2F12KNO4S2. The van der Waals surface area contributed by atoms with Crippen LogP contribution in [-0.2, 0) is 20.0 Å². The normalized spacial score (nSPS) is 15.7. The largest absolute Gasteiger partial charge is 1.00 e. The predicted molar refractivity (Wildman–Crippen MR) is 49.0 cm³/mol. The van der Waals surface area contributed by atoms with Gasteiger partial charge >= 0.3 is 80.2 Å².